The number of carbonyl (C=O) groups excluding carboxylic acids is 2. The predicted octanol–water partition coefficient (Wildman–Crippen LogP) is 5.24. The summed E-state index contributed by atoms with van der Waals surface area (Å²) in [5.74, 6) is 1.46. The normalized spacial score (nSPS) is 17.3. The second-order valence-corrected chi connectivity index (χ2v) is 11.6. The Morgan fingerprint density at radius 1 is 1.15 bits per heavy atom. The molecule has 0 aliphatic carbocycles. The van der Waals surface area contributed by atoms with Gasteiger partial charge >= 0.3 is 5.57 Å². The fourth-order valence-electron chi connectivity index (χ4n) is 5.14. The summed E-state index contributed by atoms with van der Waals surface area (Å²) in [4.78, 5) is 31.3. The second kappa shape index (κ2) is 10.8. The molecule has 2 aliphatic heterocycles. The van der Waals surface area contributed by atoms with Gasteiger partial charge in [-0.15, -0.1) is 8.78 Å². The van der Waals surface area contributed by atoms with Crippen molar-refractivity contribution in [2.75, 3.05) is 43.0 Å². The molecule has 0 unspecified atom stereocenters. The van der Waals surface area contributed by atoms with Crippen LogP contribution in [0.5, 0.6) is 5.75 Å². The van der Waals surface area contributed by atoms with Gasteiger partial charge in [-0.25, -0.2) is 0 Å². The number of rotatable bonds is 8. The molecule has 0 spiro atoms. The van der Waals surface area contributed by atoms with Crippen LogP contribution in [0.25, 0.3) is 11.3 Å². The maximum Gasteiger partial charge on any atom is 0.487 e. The number of alkyl halides is 3. The minimum atomic E-state index is -3.83. The molecule has 0 atom stereocenters. The number of anilines is 1. The first kappa shape index (κ1) is 27.4. The Morgan fingerprint density at radius 3 is 2.49 bits per heavy atom. The molecule has 2 N–H and O–H groups in total. The van der Waals surface area contributed by atoms with Gasteiger partial charge in [0, 0.05) is 77.9 Å². The number of fused-ring (bicyclic) bond motifs is 1. The maximum absolute atomic E-state index is 13.8. The lowest BCUT2D eigenvalue weighted by Gasteiger charge is -2.36. The summed E-state index contributed by atoms with van der Waals surface area (Å²) in [6.45, 7) is 7.42. The molecule has 3 aromatic rings. The average molecular weight is 576 g/mol. The number of benzene rings is 2. The fraction of sp³-hybridized carbons (Fsp3) is 0.370. The number of hydrogen-bond donors (Lipinski definition) is 2. The van der Waals surface area contributed by atoms with Crippen molar-refractivity contribution in [1.82, 2.24) is 20.0 Å². The van der Waals surface area contributed by atoms with Crippen LogP contribution in [0.4, 0.5) is 14.5 Å². The van der Waals surface area contributed by atoms with E-state index in [1.54, 1.807) is 24.4 Å². The van der Waals surface area contributed by atoms with Gasteiger partial charge in [-0.05, 0) is 61.9 Å². The Balaban J connectivity index is 1.43. The van der Waals surface area contributed by atoms with Crippen LogP contribution in [0.1, 0.15) is 40.1 Å². The highest BCUT2D eigenvalue weighted by atomic mass is 35.5. The van der Waals surface area contributed by atoms with Gasteiger partial charge in [0.2, 0.25) is 0 Å². The number of thioether (sulfide) groups is 1. The lowest BCUT2D eigenvalue weighted by Crippen LogP contribution is -2.45. The molecule has 12 heteroatoms. The monoisotopic (exact) mass is 575 g/mol. The lowest BCUT2D eigenvalue weighted by molar-refractivity contribution is -0.0964. The number of hydrogen-bond acceptors (Lipinski definition) is 6. The van der Waals surface area contributed by atoms with E-state index >= 15 is 0 Å². The smallest absolute Gasteiger partial charge is 0.420 e. The summed E-state index contributed by atoms with van der Waals surface area (Å²) in [5.41, 5.74) is -1.07. The number of ether oxygens (including phenoxy) is 1. The van der Waals surface area contributed by atoms with Gasteiger partial charge in [0.05, 0.1) is 11.2 Å². The first-order valence-corrected chi connectivity index (χ1v) is 14.0. The standard InChI is InChI=1S/C27H28ClF2N5O3S/c1-26(2)23-20(22-7-8-31-33-22)15-17(24(36)32-18-3-5-19(6-4-18)38-27(28,29)30)16-21(23)25(37)35(26)10-9-34-11-13-39-14-12-34/h3-8,15-16H,9-14H2,1-2H3,(H,31,33)(H,32,36). The SMILES string of the molecule is CC1(C)c2c(cc(C(=O)Nc3ccc(OC(F)(F)Cl)cc3)cc2-c2ccn[nH]2)C(=O)N1CCN1CCSCC1. The summed E-state index contributed by atoms with van der Waals surface area (Å²) >= 11 is 6.75. The molecule has 2 amide bonds. The summed E-state index contributed by atoms with van der Waals surface area (Å²) in [5, 5.41) is 9.80. The van der Waals surface area contributed by atoms with Crippen molar-refractivity contribution >= 4 is 40.9 Å². The third-order valence-electron chi connectivity index (χ3n) is 7.04. The van der Waals surface area contributed by atoms with Crippen LogP contribution in [-0.2, 0) is 5.54 Å². The average Bonchev–Trinajstić information content (AvgIpc) is 3.49. The first-order chi connectivity index (χ1) is 18.5. The summed E-state index contributed by atoms with van der Waals surface area (Å²) in [7, 11) is 0. The van der Waals surface area contributed by atoms with E-state index in [1.807, 2.05) is 30.5 Å². The van der Waals surface area contributed by atoms with Gasteiger partial charge in [-0.2, -0.15) is 16.9 Å². The molecule has 39 heavy (non-hydrogen) atoms. The molecule has 1 saturated heterocycles. The number of amides is 2. The Kier molecular flexibility index (Phi) is 7.58. The van der Waals surface area contributed by atoms with Crippen LogP contribution in [-0.4, -0.2) is 75.1 Å². The minimum absolute atomic E-state index is 0.125. The van der Waals surface area contributed by atoms with Gasteiger partial charge in [-0.3, -0.25) is 19.6 Å². The predicted molar refractivity (Wildman–Crippen MR) is 148 cm³/mol. The van der Waals surface area contributed by atoms with Crippen molar-refractivity contribution < 1.29 is 23.1 Å². The van der Waals surface area contributed by atoms with Gasteiger partial charge in [0.25, 0.3) is 11.8 Å². The molecule has 3 heterocycles. The topological polar surface area (TPSA) is 90.6 Å². The van der Waals surface area contributed by atoms with Crippen LogP contribution in [0, 0.1) is 0 Å². The van der Waals surface area contributed by atoms with Gasteiger partial charge in [0.1, 0.15) is 5.75 Å². The number of halogens is 3. The van der Waals surface area contributed by atoms with Crippen LogP contribution in [0.15, 0.2) is 48.7 Å². The minimum Gasteiger partial charge on any atom is -0.420 e. The van der Waals surface area contributed by atoms with Gasteiger partial charge in [-0.1, -0.05) is 0 Å². The summed E-state index contributed by atoms with van der Waals surface area (Å²) in [6.07, 6.45) is 1.62. The summed E-state index contributed by atoms with van der Waals surface area (Å²) in [6, 6.07) is 10.6. The highest BCUT2D eigenvalue weighted by Gasteiger charge is 2.45. The van der Waals surface area contributed by atoms with Crippen molar-refractivity contribution in [3.05, 3.63) is 65.4 Å². The van der Waals surface area contributed by atoms with Crippen LogP contribution in [0.3, 0.4) is 0 Å². The molecule has 2 aromatic carbocycles. The lowest BCUT2D eigenvalue weighted by atomic mass is 9.86. The van der Waals surface area contributed by atoms with Crippen molar-refractivity contribution in [2.45, 2.75) is 25.0 Å². The highest BCUT2D eigenvalue weighted by Crippen LogP contribution is 2.44. The number of aromatic amines is 1. The van der Waals surface area contributed by atoms with E-state index < -0.39 is 17.0 Å². The van der Waals surface area contributed by atoms with E-state index in [0.29, 0.717) is 23.5 Å². The third-order valence-corrected chi connectivity index (χ3v) is 8.06. The van der Waals surface area contributed by atoms with Crippen molar-refractivity contribution in [3.63, 3.8) is 0 Å². The van der Waals surface area contributed by atoms with Crippen molar-refractivity contribution in [1.29, 1.82) is 0 Å². The van der Waals surface area contributed by atoms with E-state index in [-0.39, 0.29) is 17.2 Å². The first-order valence-electron chi connectivity index (χ1n) is 12.5. The Hall–Kier alpha value is -3.15. The van der Waals surface area contributed by atoms with Crippen LogP contribution < -0.4 is 10.1 Å². The number of H-pyrrole nitrogens is 1. The zero-order valence-electron chi connectivity index (χ0n) is 21.5. The summed E-state index contributed by atoms with van der Waals surface area (Å²) < 4.78 is 30.1. The van der Waals surface area contributed by atoms with Crippen molar-refractivity contribution in [2.24, 2.45) is 0 Å². The number of nitrogens with one attached hydrogen (secondary N) is 2. The maximum atomic E-state index is 13.8. The molecule has 1 fully saturated rings. The molecule has 0 radical (unpaired) electrons. The number of carbonyl (C=O) groups is 2. The van der Waals surface area contributed by atoms with Crippen LogP contribution >= 0.6 is 23.4 Å². The molecule has 5 rings (SSSR count). The zero-order valence-corrected chi connectivity index (χ0v) is 23.0. The van der Waals surface area contributed by atoms with E-state index in [1.165, 1.54) is 24.3 Å². The van der Waals surface area contributed by atoms with Gasteiger partial charge < -0.3 is 15.0 Å². The largest absolute Gasteiger partial charge is 0.487 e. The van der Waals surface area contributed by atoms with E-state index in [2.05, 4.69) is 25.2 Å². The highest BCUT2D eigenvalue weighted by molar-refractivity contribution is 7.99. The fourth-order valence-corrected chi connectivity index (χ4v) is 6.21. The molecule has 0 bridgehead atoms. The molecule has 0 saturated carbocycles. The second-order valence-electron chi connectivity index (χ2n) is 9.91. The number of aromatic nitrogens is 2. The zero-order chi connectivity index (χ0) is 27.8. The Bertz CT molecular complexity index is 1360. The molecule has 2 aliphatic rings. The number of nitrogens with zero attached hydrogens (tertiary/aromatic N) is 3. The van der Waals surface area contributed by atoms with E-state index in [9.17, 15) is 18.4 Å². The van der Waals surface area contributed by atoms with Crippen molar-refractivity contribution in [3.8, 4) is 17.0 Å². The quantitative estimate of drug-likeness (QED) is 0.357. The molecular weight excluding hydrogens is 548 g/mol. The Labute approximate surface area is 234 Å². The Morgan fingerprint density at radius 2 is 1.85 bits per heavy atom. The molecule has 206 valence electrons. The van der Waals surface area contributed by atoms with E-state index in [0.717, 1.165) is 42.3 Å². The molecule has 1 aromatic heterocycles. The van der Waals surface area contributed by atoms with Gasteiger partial charge in [0.15, 0.2) is 0 Å². The van der Waals surface area contributed by atoms with Crippen LogP contribution in [0.2, 0.25) is 0 Å². The molecule has 8 nitrogen and oxygen atoms in total. The molecular formula is C27H28ClF2N5O3S. The van der Waals surface area contributed by atoms with E-state index in [4.69, 9.17) is 11.6 Å². The third kappa shape index (κ3) is 5.90.